The Morgan fingerprint density at radius 1 is 1.22 bits per heavy atom. The monoisotopic (exact) mass is 256 g/mol. The van der Waals surface area contributed by atoms with Gasteiger partial charge in [0.05, 0.1) is 6.61 Å². The number of rotatable bonds is 8. The highest BCUT2D eigenvalue weighted by molar-refractivity contribution is 4.77. The summed E-state index contributed by atoms with van der Waals surface area (Å²) in [4.78, 5) is 2.47. The molecular weight excluding hydrogens is 224 g/mol. The number of unbranched alkanes of at least 4 members (excludes halogenated alkanes) is 1. The van der Waals surface area contributed by atoms with Crippen molar-refractivity contribution in [1.29, 1.82) is 0 Å². The summed E-state index contributed by atoms with van der Waals surface area (Å²) in [6.45, 7) is 4.45. The molecule has 18 heavy (non-hydrogen) atoms. The van der Waals surface area contributed by atoms with Gasteiger partial charge in [-0.05, 0) is 52.1 Å². The van der Waals surface area contributed by atoms with E-state index in [0.717, 1.165) is 25.3 Å². The van der Waals surface area contributed by atoms with Crippen molar-refractivity contribution in [1.82, 2.24) is 4.90 Å². The first kappa shape index (κ1) is 15.9. The first-order valence-corrected chi connectivity index (χ1v) is 7.62. The minimum Gasteiger partial charge on any atom is -0.394 e. The van der Waals surface area contributed by atoms with Crippen LogP contribution in [0.3, 0.4) is 0 Å². The van der Waals surface area contributed by atoms with Gasteiger partial charge in [-0.2, -0.15) is 0 Å². The van der Waals surface area contributed by atoms with E-state index in [1.165, 1.54) is 45.1 Å². The third-order valence-corrected chi connectivity index (χ3v) is 4.19. The summed E-state index contributed by atoms with van der Waals surface area (Å²) >= 11 is 0. The van der Waals surface area contributed by atoms with Crippen molar-refractivity contribution in [2.24, 2.45) is 11.7 Å². The van der Waals surface area contributed by atoms with Gasteiger partial charge in [-0.1, -0.05) is 25.7 Å². The highest BCUT2D eigenvalue weighted by Gasteiger charge is 2.17. The molecule has 1 atom stereocenters. The molecule has 0 aliphatic heterocycles. The number of aliphatic hydroxyl groups excluding tert-OH is 1. The maximum Gasteiger partial charge on any atom is 0.0608 e. The van der Waals surface area contributed by atoms with E-state index in [2.05, 4.69) is 11.9 Å². The minimum absolute atomic E-state index is 0.0882. The largest absolute Gasteiger partial charge is 0.394 e. The molecule has 3 nitrogen and oxygen atoms in total. The van der Waals surface area contributed by atoms with E-state index in [1.807, 2.05) is 6.92 Å². The molecule has 0 aromatic carbocycles. The zero-order chi connectivity index (χ0) is 13.4. The summed E-state index contributed by atoms with van der Waals surface area (Å²) in [6, 6.07) is 0. The van der Waals surface area contributed by atoms with Crippen molar-refractivity contribution in [3.8, 4) is 0 Å². The van der Waals surface area contributed by atoms with Gasteiger partial charge in [-0.25, -0.2) is 0 Å². The van der Waals surface area contributed by atoms with E-state index < -0.39 is 0 Å². The van der Waals surface area contributed by atoms with Crippen molar-refractivity contribution < 1.29 is 5.11 Å². The van der Waals surface area contributed by atoms with E-state index in [-0.39, 0.29) is 12.1 Å². The molecule has 1 aliphatic rings. The number of nitrogens with two attached hydrogens (primary N) is 1. The number of hydrogen-bond donors (Lipinski definition) is 2. The SMILES string of the molecule is CN(CCCCC(C)(N)CO)CC1CCCCC1. The van der Waals surface area contributed by atoms with E-state index in [1.54, 1.807) is 0 Å². The van der Waals surface area contributed by atoms with E-state index >= 15 is 0 Å². The van der Waals surface area contributed by atoms with Gasteiger partial charge in [0.25, 0.3) is 0 Å². The van der Waals surface area contributed by atoms with E-state index in [4.69, 9.17) is 10.8 Å². The lowest BCUT2D eigenvalue weighted by molar-refractivity contribution is 0.192. The zero-order valence-electron chi connectivity index (χ0n) is 12.3. The zero-order valence-corrected chi connectivity index (χ0v) is 12.3. The van der Waals surface area contributed by atoms with Crippen LogP contribution in [0.1, 0.15) is 58.3 Å². The maximum absolute atomic E-state index is 9.08. The summed E-state index contributed by atoms with van der Waals surface area (Å²) < 4.78 is 0. The third kappa shape index (κ3) is 6.72. The average molecular weight is 256 g/mol. The van der Waals surface area contributed by atoms with Crippen molar-refractivity contribution in [3.05, 3.63) is 0 Å². The maximum atomic E-state index is 9.08. The van der Waals surface area contributed by atoms with Crippen LogP contribution in [-0.2, 0) is 0 Å². The second-order valence-electron chi connectivity index (χ2n) is 6.54. The van der Waals surface area contributed by atoms with Crippen LogP contribution in [0.4, 0.5) is 0 Å². The molecule has 1 fully saturated rings. The molecule has 3 heteroatoms. The van der Waals surface area contributed by atoms with Crippen LogP contribution >= 0.6 is 0 Å². The Labute approximate surface area is 113 Å². The van der Waals surface area contributed by atoms with Gasteiger partial charge in [0, 0.05) is 12.1 Å². The summed E-state index contributed by atoms with van der Waals surface area (Å²) in [6.07, 6.45) is 10.4. The Morgan fingerprint density at radius 3 is 2.50 bits per heavy atom. The molecule has 0 aromatic heterocycles. The van der Waals surface area contributed by atoms with Crippen LogP contribution in [0.2, 0.25) is 0 Å². The lowest BCUT2D eigenvalue weighted by atomic mass is 9.89. The molecule has 0 saturated heterocycles. The predicted molar refractivity (Wildman–Crippen MR) is 77.6 cm³/mol. The molecular formula is C15H32N2O. The van der Waals surface area contributed by atoms with Crippen LogP contribution in [0.25, 0.3) is 0 Å². The molecule has 0 bridgehead atoms. The number of hydrogen-bond acceptors (Lipinski definition) is 3. The summed E-state index contributed by atoms with van der Waals surface area (Å²) in [5, 5.41) is 9.08. The highest BCUT2D eigenvalue weighted by atomic mass is 16.3. The molecule has 3 N–H and O–H groups in total. The fourth-order valence-electron chi connectivity index (χ4n) is 2.89. The lowest BCUT2D eigenvalue weighted by Crippen LogP contribution is -2.40. The Kier molecular flexibility index (Phi) is 7.20. The van der Waals surface area contributed by atoms with Crippen LogP contribution in [0.5, 0.6) is 0 Å². The summed E-state index contributed by atoms with van der Waals surface area (Å²) in [5.74, 6) is 0.931. The van der Waals surface area contributed by atoms with Crippen LogP contribution < -0.4 is 5.73 Å². The van der Waals surface area contributed by atoms with Crippen LogP contribution in [-0.4, -0.2) is 42.3 Å². The summed E-state index contributed by atoms with van der Waals surface area (Å²) in [5.41, 5.74) is 5.53. The molecule has 1 aliphatic carbocycles. The van der Waals surface area contributed by atoms with Crippen molar-refractivity contribution in [2.75, 3.05) is 26.7 Å². The normalized spacial score (nSPS) is 21.2. The average Bonchev–Trinajstić information content (AvgIpc) is 2.36. The molecule has 0 heterocycles. The lowest BCUT2D eigenvalue weighted by Gasteiger charge is -2.27. The Bertz CT molecular complexity index is 213. The number of aliphatic hydroxyl groups is 1. The van der Waals surface area contributed by atoms with Gasteiger partial charge in [0.15, 0.2) is 0 Å². The fraction of sp³-hybridized carbons (Fsp3) is 1.00. The van der Waals surface area contributed by atoms with E-state index in [9.17, 15) is 0 Å². The molecule has 108 valence electrons. The Balaban J connectivity index is 2.04. The van der Waals surface area contributed by atoms with Gasteiger partial charge >= 0.3 is 0 Å². The Hall–Kier alpha value is -0.120. The molecule has 1 unspecified atom stereocenters. The molecule has 1 rings (SSSR count). The Morgan fingerprint density at radius 2 is 1.89 bits per heavy atom. The van der Waals surface area contributed by atoms with Crippen molar-refractivity contribution >= 4 is 0 Å². The number of nitrogens with zero attached hydrogens (tertiary/aromatic N) is 1. The van der Waals surface area contributed by atoms with Gasteiger partial charge in [0.2, 0.25) is 0 Å². The fourth-order valence-corrected chi connectivity index (χ4v) is 2.89. The quantitative estimate of drug-likeness (QED) is 0.656. The summed E-state index contributed by atoms with van der Waals surface area (Å²) in [7, 11) is 2.24. The second kappa shape index (κ2) is 8.13. The van der Waals surface area contributed by atoms with E-state index in [0.29, 0.717) is 0 Å². The first-order valence-electron chi connectivity index (χ1n) is 7.62. The van der Waals surface area contributed by atoms with Crippen LogP contribution in [0.15, 0.2) is 0 Å². The highest BCUT2D eigenvalue weighted by Crippen LogP contribution is 2.24. The first-order chi connectivity index (χ1) is 8.53. The molecule has 0 spiro atoms. The topological polar surface area (TPSA) is 49.5 Å². The standard InChI is InChI=1S/C15H32N2O/c1-15(16,13-18)10-6-7-11-17(2)12-14-8-4-3-5-9-14/h14,18H,3-13,16H2,1-2H3. The van der Waals surface area contributed by atoms with Gasteiger partial charge in [-0.15, -0.1) is 0 Å². The van der Waals surface area contributed by atoms with Crippen molar-refractivity contribution in [3.63, 3.8) is 0 Å². The van der Waals surface area contributed by atoms with Gasteiger partial charge < -0.3 is 15.7 Å². The third-order valence-electron chi connectivity index (χ3n) is 4.19. The molecule has 0 amide bonds. The molecule has 1 saturated carbocycles. The smallest absolute Gasteiger partial charge is 0.0608 e. The molecule has 0 radical (unpaired) electrons. The molecule has 0 aromatic rings. The van der Waals surface area contributed by atoms with Crippen molar-refractivity contribution in [2.45, 2.75) is 63.8 Å². The predicted octanol–water partition coefficient (Wildman–Crippen LogP) is 2.38. The van der Waals surface area contributed by atoms with Crippen LogP contribution in [0, 0.1) is 5.92 Å². The van der Waals surface area contributed by atoms with Gasteiger partial charge in [-0.3, -0.25) is 0 Å². The van der Waals surface area contributed by atoms with Gasteiger partial charge in [0.1, 0.15) is 0 Å². The minimum atomic E-state index is -0.387. The second-order valence-corrected chi connectivity index (χ2v) is 6.54.